The molecule has 2 rings (SSSR count). The molecule has 106 valence electrons. The Morgan fingerprint density at radius 2 is 1.75 bits per heavy atom. The molecule has 2 N–H and O–H groups in total. The summed E-state index contributed by atoms with van der Waals surface area (Å²) in [6, 6.07) is 14.7. The van der Waals surface area contributed by atoms with Crippen LogP contribution in [-0.2, 0) is 13.2 Å². The van der Waals surface area contributed by atoms with Crippen molar-refractivity contribution in [3.05, 3.63) is 64.7 Å². The second-order valence-corrected chi connectivity index (χ2v) is 5.50. The molecule has 0 aliphatic rings. The van der Waals surface area contributed by atoms with Crippen LogP contribution in [0.15, 0.2) is 42.5 Å². The van der Waals surface area contributed by atoms with Crippen LogP contribution in [0.1, 0.15) is 42.0 Å². The minimum Gasteiger partial charge on any atom is -0.489 e. The van der Waals surface area contributed by atoms with E-state index in [4.69, 9.17) is 10.5 Å². The smallest absolute Gasteiger partial charge is 0.124 e. The molecule has 0 saturated heterocycles. The molecule has 0 bridgehead atoms. The van der Waals surface area contributed by atoms with Crippen LogP contribution < -0.4 is 10.5 Å². The molecule has 0 atom stereocenters. The lowest BCUT2D eigenvalue weighted by molar-refractivity contribution is 0.303. The van der Waals surface area contributed by atoms with Gasteiger partial charge in [0.25, 0.3) is 0 Å². The summed E-state index contributed by atoms with van der Waals surface area (Å²) in [6.07, 6.45) is 0. The number of hydrogen-bond donors (Lipinski definition) is 1. The molecular formula is C18H23NO. The van der Waals surface area contributed by atoms with E-state index in [1.54, 1.807) is 0 Å². The first-order chi connectivity index (χ1) is 9.60. The Kier molecular flexibility index (Phi) is 4.80. The van der Waals surface area contributed by atoms with Crippen LogP contribution in [0, 0.1) is 6.92 Å². The lowest BCUT2D eigenvalue weighted by Gasteiger charge is -2.12. The molecule has 0 amide bonds. The fraction of sp³-hybridized carbons (Fsp3) is 0.333. The lowest BCUT2D eigenvalue weighted by Crippen LogP contribution is -2.03. The molecule has 0 unspecified atom stereocenters. The van der Waals surface area contributed by atoms with E-state index in [-0.39, 0.29) is 0 Å². The SMILES string of the molecule is Cc1ccc(OCc2ccc(C(C)C)cc2)c(CN)c1. The third kappa shape index (κ3) is 3.61. The number of rotatable bonds is 5. The van der Waals surface area contributed by atoms with Gasteiger partial charge in [-0.3, -0.25) is 0 Å². The zero-order chi connectivity index (χ0) is 14.5. The van der Waals surface area contributed by atoms with E-state index >= 15 is 0 Å². The van der Waals surface area contributed by atoms with E-state index < -0.39 is 0 Å². The molecular weight excluding hydrogens is 246 g/mol. The summed E-state index contributed by atoms with van der Waals surface area (Å²) >= 11 is 0. The molecule has 2 aromatic rings. The van der Waals surface area contributed by atoms with Gasteiger partial charge in [0.05, 0.1) is 0 Å². The van der Waals surface area contributed by atoms with E-state index in [1.807, 2.05) is 6.07 Å². The average molecular weight is 269 g/mol. The number of hydrogen-bond acceptors (Lipinski definition) is 2. The summed E-state index contributed by atoms with van der Waals surface area (Å²) in [7, 11) is 0. The van der Waals surface area contributed by atoms with Gasteiger partial charge in [-0.05, 0) is 30.0 Å². The molecule has 2 nitrogen and oxygen atoms in total. The van der Waals surface area contributed by atoms with E-state index in [1.165, 1.54) is 16.7 Å². The van der Waals surface area contributed by atoms with Crippen molar-refractivity contribution in [1.29, 1.82) is 0 Å². The molecule has 0 radical (unpaired) electrons. The summed E-state index contributed by atoms with van der Waals surface area (Å²) in [5, 5.41) is 0. The topological polar surface area (TPSA) is 35.2 Å². The van der Waals surface area contributed by atoms with Gasteiger partial charge in [0, 0.05) is 12.1 Å². The highest BCUT2D eigenvalue weighted by atomic mass is 16.5. The van der Waals surface area contributed by atoms with Crippen molar-refractivity contribution >= 4 is 0 Å². The first-order valence-electron chi connectivity index (χ1n) is 7.11. The Bertz CT molecular complexity index is 558. The van der Waals surface area contributed by atoms with Gasteiger partial charge in [-0.15, -0.1) is 0 Å². The highest BCUT2D eigenvalue weighted by molar-refractivity contribution is 5.37. The Morgan fingerprint density at radius 1 is 1.05 bits per heavy atom. The average Bonchev–Trinajstić information content (AvgIpc) is 2.46. The minimum atomic E-state index is 0.503. The third-order valence-corrected chi connectivity index (χ3v) is 3.48. The summed E-state index contributed by atoms with van der Waals surface area (Å²) in [6.45, 7) is 7.54. The van der Waals surface area contributed by atoms with Crippen molar-refractivity contribution in [2.24, 2.45) is 5.73 Å². The van der Waals surface area contributed by atoms with E-state index in [9.17, 15) is 0 Å². The molecule has 20 heavy (non-hydrogen) atoms. The zero-order valence-corrected chi connectivity index (χ0v) is 12.5. The second-order valence-electron chi connectivity index (χ2n) is 5.50. The second kappa shape index (κ2) is 6.58. The first kappa shape index (κ1) is 14.6. The Labute approximate surface area is 121 Å². The van der Waals surface area contributed by atoms with Crippen LogP contribution in [0.2, 0.25) is 0 Å². The van der Waals surface area contributed by atoms with Gasteiger partial charge in [0.15, 0.2) is 0 Å². The number of aryl methyl sites for hydroxylation is 1. The molecule has 0 heterocycles. The van der Waals surface area contributed by atoms with Gasteiger partial charge >= 0.3 is 0 Å². The van der Waals surface area contributed by atoms with Gasteiger partial charge in [0.2, 0.25) is 0 Å². The Hall–Kier alpha value is -1.80. The predicted octanol–water partition coefficient (Wildman–Crippen LogP) is 4.16. The van der Waals surface area contributed by atoms with Crippen molar-refractivity contribution in [3.63, 3.8) is 0 Å². The predicted molar refractivity (Wildman–Crippen MR) is 83.9 cm³/mol. The molecule has 2 heteroatoms. The van der Waals surface area contributed by atoms with Crippen LogP contribution in [0.3, 0.4) is 0 Å². The highest BCUT2D eigenvalue weighted by Crippen LogP contribution is 2.21. The van der Waals surface area contributed by atoms with Gasteiger partial charge in [0.1, 0.15) is 12.4 Å². The Morgan fingerprint density at radius 3 is 2.35 bits per heavy atom. The van der Waals surface area contributed by atoms with Gasteiger partial charge < -0.3 is 10.5 Å². The normalized spacial score (nSPS) is 10.8. The standard InChI is InChI=1S/C18H23NO/c1-13(2)16-7-5-15(6-8-16)12-20-18-9-4-14(3)10-17(18)11-19/h4-10,13H,11-12,19H2,1-3H3. The van der Waals surface area contributed by atoms with E-state index in [0.717, 1.165) is 11.3 Å². The van der Waals surface area contributed by atoms with Gasteiger partial charge in [-0.1, -0.05) is 55.8 Å². The molecule has 0 aliphatic carbocycles. The molecule has 0 fully saturated rings. The molecule has 0 spiro atoms. The summed E-state index contributed by atoms with van der Waals surface area (Å²) in [4.78, 5) is 0. The van der Waals surface area contributed by atoms with Crippen molar-refractivity contribution < 1.29 is 4.74 Å². The van der Waals surface area contributed by atoms with Crippen LogP contribution in [0.4, 0.5) is 0 Å². The zero-order valence-electron chi connectivity index (χ0n) is 12.5. The van der Waals surface area contributed by atoms with Crippen molar-refractivity contribution in [2.75, 3.05) is 0 Å². The van der Waals surface area contributed by atoms with Gasteiger partial charge in [-0.2, -0.15) is 0 Å². The van der Waals surface area contributed by atoms with Crippen LogP contribution in [0.25, 0.3) is 0 Å². The number of ether oxygens (including phenoxy) is 1. The molecule has 0 aromatic heterocycles. The number of benzene rings is 2. The first-order valence-corrected chi connectivity index (χ1v) is 7.11. The van der Waals surface area contributed by atoms with Crippen molar-refractivity contribution in [1.82, 2.24) is 0 Å². The largest absolute Gasteiger partial charge is 0.489 e. The van der Waals surface area contributed by atoms with Crippen molar-refractivity contribution in [3.8, 4) is 5.75 Å². The highest BCUT2D eigenvalue weighted by Gasteiger charge is 2.04. The van der Waals surface area contributed by atoms with Crippen LogP contribution >= 0.6 is 0 Å². The summed E-state index contributed by atoms with van der Waals surface area (Å²) < 4.78 is 5.89. The fourth-order valence-corrected chi connectivity index (χ4v) is 2.17. The quantitative estimate of drug-likeness (QED) is 0.884. The monoisotopic (exact) mass is 269 g/mol. The van der Waals surface area contributed by atoms with Gasteiger partial charge in [-0.25, -0.2) is 0 Å². The Balaban J connectivity index is 2.05. The van der Waals surface area contributed by atoms with Crippen LogP contribution in [0.5, 0.6) is 5.75 Å². The minimum absolute atomic E-state index is 0.503. The fourth-order valence-electron chi connectivity index (χ4n) is 2.17. The maximum absolute atomic E-state index is 5.89. The van der Waals surface area contributed by atoms with Crippen LogP contribution in [-0.4, -0.2) is 0 Å². The molecule has 2 aromatic carbocycles. The van der Waals surface area contributed by atoms with Crippen molar-refractivity contribution in [2.45, 2.75) is 39.8 Å². The summed E-state index contributed by atoms with van der Waals surface area (Å²) in [5.41, 5.74) is 10.6. The molecule has 0 saturated carbocycles. The third-order valence-electron chi connectivity index (χ3n) is 3.48. The van der Waals surface area contributed by atoms with E-state index in [2.05, 4.69) is 57.2 Å². The maximum atomic E-state index is 5.89. The van der Waals surface area contributed by atoms with E-state index in [0.29, 0.717) is 19.1 Å². The number of nitrogens with two attached hydrogens (primary N) is 1. The lowest BCUT2D eigenvalue weighted by atomic mass is 10.0. The maximum Gasteiger partial charge on any atom is 0.124 e. The summed E-state index contributed by atoms with van der Waals surface area (Å²) in [5.74, 6) is 1.44. The molecule has 0 aliphatic heterocycles.